The van der Waals surface area contributed by atoms with Crippen LogP contribution < -0.4 is 0 Å². The molecule has 6 aromatic carbocycles. The fraction of sp³-hybridized carbons (Fsp3) is 0.0286. The number of hydrogen-bond acceptors (Lipinski definition) is 2. The van der Waals surface area contributed by atoms with Crippen molar-refractivity contribution in [2.75, 3.05) is 0 Å². The standard InChI is InChI=1S/C35H26N2/c1-3-13-34-28(7-1)9-5-11-30(34)24-36-32-19-15-26(16-20-32)23-27-17-21-33(22-18-27)37-25-31-12-6-10-29-8-2-4-14-35(29)31/h1-22,24-25H,23H2. The van der Waals surface area contributed by atoms with E-state index in [1.807, 2.05) is 12.4 Å². The lowest BCUT2D eigenvalue weighted by Gasteiger charge is -2.04. The molecule has 0 unspecified atom stereocenters. The van der Waals surface area contributed by atoms with Crippen molar-refractivity contribution in [3.8, 4) is 0 Å². The van der Waals surface area contributed by atoms with Crippen molar-refractivity contribution in [1.29, 1.82) is 0 Å². The van der Waals surface area contributed by atoms with Crippen LogP contribution in [0.1, 0.15) is 22.3 Å². The molecule has 0 aliphatic carbocycles. The lowest BCUT2D eigenvalue weighted by atomic mass is 10.0. The van der Waals surface area contributed by atoms with Gasteiger partial charge in [-0.3, -0.25) is 9.98 Å². The molecule has 0 saturated heterocycles. The minimum absolute atomic E-state index is 0.876. The molecule has 0 heterocycles. The second-order valence-electron chi connectivity index (χ2n) is 9.16. The smallest absolute Gasteiger partial charge is 0.0630 e. The first-order valence-electron chi connectivity index (χ1n) is 12.5. The summed E-state index contributed by atoms with van der Waals surface area (Å²) in [5.74, 6) is 0. The van der Waals surface area contributed by atoms with E-state index >= 15 is 0 Å². The van der Waals surface area contributed by atoms with Crippen LogP contribution in [-0.2, 0) is 6.42 Å². The van der Waals surface area contributed by atoms with Gasteiger partial charge in [0, 0.05) is 23.6 Å². The van der Waals surface area contributed by atoms with Crippen LogP contribution >= 0.6 is 0 Å². The van der Waals surface area contributed by atoms with Crippen LogP contribution in [-0.4, -0.2) is 12.4 Å². The first kappa shape index (κ1) is 22.6. The van der Waals surface area contributed by atoms with E-state index in [0.717, 1.165) is 28.9 Å². The highest BCUT2D eigenvalue weighted by Crippen LogP contribution is 2.22. The van der Waals surface area contributed by atoms with Gasteiger partial charge in [-0.2, -0.15) is 0 Å². The summed E-state index contributed by atoms with van der Waals surface area (Å²) in [6.07, 6.45) is 4.78. The first-order chi connectivity index (χ1) is 18.3. The Bertz CT molecular complexity index is 1590. The monoisotopic (exact) mass is 474 g/mol. The maximum absolute atomic E-state index is 4.71. The molecule has 0 fully saturated rings. The largest absolute Gasteiger partial charge is 0.256 e. The van der Waals surface area contributed by atoms with Crippen LogP contribution in [0.15, 0.2) is 143 Å². The summed E-state index contributed by atoms with van der Waals surface area (Å²) >= 11 is 0. The van der Waals surface area contributed by atoms with Gasteiger partial charge in [0.15, 0.2) is 0 Å². The molecule has 176 valence electrons. The second-order valence-corrected chi connectivity index (χ2v) is 9.16. The molecule has 6 rings (SSSR count). The quantitative estimate of drug-likeness (QED) is 0.215. The highest BCUT2D eigenvalue weighted by molar-refractivity contribution is 6.01. The van der Waals surface area contributed by atoms with E-state index in [4.69, 9.17) is 9.98 Å². The molecule has 0 aliphatic heterocycles. The fourth-order valence-corrected chi connectivity index (χ4v) is 4.65. The molecule has 0 radical (unpaired) electrons. The molecule has 0 aromatic heterocycles. The summed E-state index contributed by atoms with van der Waals surface area (Å²) in [6, 6.07) is 46.4. The van der Waals surface area contributed by atoms with Crippen molar-refractivity contribution in [2.24, 2.45) is 9.98 Å². The lowest BCUT2D eigenvalue weighted by Crippen LogP contribution is -1.87. The van der Waals surface area contributed by atoms with Gasteiger partial charge in [0.2, 0.25) is 0 Å². The minimum Gasteiger partial charge on any atom is -0.256 e. The Morgan fingerprint density at radius 3 is 1.27 bits per heavy atom. The van der Waals surface area contributed by atoms with Gasteiger partial charge in [-0.15, -0.1) is 0 Å². The SMILES string of the molecule is C(=Nc1ccc(Cc2ccc(N=Cc3cccc4ccccc34)cc2)cc1)c1cccc2ccccc12. The van der Waals surface area contributed by atoms with Crippen molar-refractivity contribution < 1.29 is 0 Å². The van der Waals surface area contributed by atoms with Crippen molar-refractivity contribution in [3.63, 3.8) is 0 Å². The molecular weight excluding hydrogens is 448 g/mol. The van der Waals surface area contributed by atoms with Crippen molar-refractivity contribution >= 4 is 45.3 Å². The molecule has 2 heteroatoms. The maximum atomic E-state index is 4.71. The third kappa shape index (κ3) is 5.24. The summed E-state index contributed by atoms with van der Waals surface area (Å²) < 4.78 is 0. The molecule has 37 heavy (non-hydrogen) atoms. The Kier molecular flexibility index (Phi) is 6.38. The van der Waals surface area contributed by atoms with Crippen molar-refractivity contribution in [1.82, 2.24) is 0 Å². The third-order valence-electron chi connectivity index (χ3n) is 6.63. The average molecular weight is 475 g/mol. The van der Waals surface area contributed by atoms with Gasteiger partial charge in [0.05, 0.1) is 11.4 Å². The van der Waals surface area contributed by atoms with Crippen LogP contribution in [0.5, 0.6) is 0 Å². The highest BCUT2D eigenvalue weighted by atomic mass is 14.7. The van der Waals surface area contributed by atoms with Gasteiger partial charge in [0.1, 0.15) is 0 Å². The molecule has 2 nitrogen and oxygen atoms in total. The zero-order valence-corrected chi connectivity index (χ0v) is 20.5. The summed E-state index contributed by atoms with van der Waals surface area (Å²) in [5.41, 5.74) is 6.69. The molecule has 6 aromatic rings. The molecule has 0 saturated carbocycles. The van der Waals surface area contributed by atoms with Gasteiger partial charge < -0.3 is 0 Å². The van der Waals surface area contributed by atoms with E-state index in [0.29, 0.717) is 0 Å². The lowest BCUT2D eigenvalue weighted by molar-refractivity contribution is 1.19. The Balaban J connectivity index is 1.12. The third-order valence-corrected chi connectivity index (χ3v) is 6.63. The zero-order chi connectivity index (χ0) is 24.9. The number of nitrogens with zero attached hydrogens (tertiary/aromatic N) is 2. The summed E-state index contributed by atoms with van der Waals surface area (Å²) in [4.78, 5) is 9.42. The van der Waals surface area contributed by atoms with E-state index in [1.165, 1.54) is 32.7 Å². The minimum atomic E-state index is 0.876. The average Bonchev–Trinajstić information content (AvgIpc) is 2.96. The highest BCUT2D eigenvalue weighted by Gasteiger charge is 2.01. The van der Waals surface area contributed by atoms with Crippen LogP contribution in [0.25, 0.3) is 21.5 Å². The number of fused-ring (bicyclic) bond motifs is 2. The zero-order valence-electron chi connectivity index (χ0n) is 20.5. The van der Waals surface area contributed by atoms with Gasteiger partial charge in [0.25, 0.3) is 0 Å². The Labute approximate surface area is 217 Å². The topological polar surface area (TPSA) is 24.7 Å². The number of rotatable bonds is 6. The van der Waals surface area contributed by atoms with Gasteiger partial charge in [-0.05, 0) is 63.4 Å². The molecular formula is C35H26N2. The molecule has 0 atom stereocenters. The predicted molar refractivity (Wildman–Crippen MR) is 158 cm³/mol. The summed E-state index contributed by atoms with van der Waals surface area (Å²) in [6.45, 7) is 0. The molecule has 0 spiro atoms. The van der Waals surface area contributed by atoms with E-state index in [1.54, 1.807) is 0 Å². The number of benzene rings is 6. The molecule has 0 aliphatic rings. The maximum Gasteiger partial charge on any atom is 0.0630 e. The fourth-order valence-electron chi connectivity index (χ4n) is 4.65. The Morgan fingerprint density at radius 2 is 0.811 bits per heavy atom. The number of aliphatic imine (C=N–C) groups is 2. The van der Waals surface area contributed by atoms with Crippen LogP contribution in [0.3, 0.4) is 0 Å². The van der Waals surface area contributed by atoms with Gasteiger partial charge in [-0.25, -0.2) is 0 Å². The molecule has 0 N–H and O–H groups in total. The van der Waals surface area contributed by atoms with Crippen LogP contribution in [0, 0.1) is 0 Å². The first-order valence-corrected chi connectivity index (χ1v) is 12.5. The summed E-state index contributed by atoms with van der Waals surface area (Å²) in [5, 5.41) is 4.89. The predicted octanol–water partition coefficient (Wildman–Crippen LogP) is 9.08. The van der Waals surface area contributed by atoms with Crippen molar-refractivity contribution in [2.45, 2.75) is 6.42 Å². The van der Waals surface area contributed by atoms with Crippen LogP contribution in [0.4, 0.5) is 11.4 Å². The van der Waals surface area contributed by atoms with Crippen molar-refractivity contribution in [3.05, 3.63) is 156 Å². The van der Waals surface area contributed by atoms with Crippen LogP contribution in [0.2, 0.25) is 0 Å². The summed E-state index contributed by atoms with van der Waals surface area (Å²) in [7, 11) is 0. The molecule has 0 bridgehead atoms. The van der Waals surface area contributed by atoms with Gasteiger partial charge >= 0.3 is 0 Å². The molecule has 0 amide bonds. The Hall–Kier alpha value is -4.82. The van der Waals surface area contributed by atoms with E-state index in [-0.39, 0.29) is 0 Å². The normalized spacial score (nSPS) is 11.7. The number of hydrogen-bond donors (Lipinski definition) is 0. The van der Waals surface area contributed by atoms with Gasteiger partial charge in [-0.1, -0.05) is 109 Å². The van der Waals surface area contributed by atoms with E-state index < -0.39 is 0 Å². The van der Waals surface area contributed by atoms with E-state index in [2.05, 4.69) is 133 Å². The second kappa shape index (κ2) is 10.4. The van der Waals surface area contributed by atoms with E-state index in [9.17, 15) is 0 Å². The Morgan fingerprint density at radius 1 is 0.405 bits per heavy atom.